The van der Waals surface area contributed by atoms with Crippen LogP contribution in [0.4, 0.5) is 5.69 Å². The number of methoxy groups -OCH3 is 1. The van der Waals surface area contributed by atoms with E-state index in [0.717, 1.165) is 23.2 Å². The van der Waals surface area contributed by atoms with Crippen molar-refractivity contribution in [2.45, 2.75) is 6.92 Å². The first-order valence-electron chi connectivity index (χ1n) is 4.72. The number of anilines is 1. The quantitative estimate of drug-likeness (QED) is 0.745. The van der Waals surface area contributed by atoms with Crippen LogP contribution in [0.5, 0.6) is 0 Å². The van der Waals surface area contributed by atoms with Crippen LogP contribution in [-0.4, -0.2) is 13.1 Å². The summed E-state index contributed by atoms with van der Waals surface area (Å²) < 4.78 is 4.62. The molecule has 1 N–H and O–H groups in total. The summed E-state index contributed by atoms with van der Waals surface area (Å²) in [5, 5.41) is 3.22. The van der Waals surface area contributed by atoms with Gasteiger partial charge in [0.25, 0.3) is 0 Å². The molecule has 1 aromatic carbocycles. The molecule has 15 heavy (non-hydrogen) atoms. The zero-order valence-corrected chi connectivity index (χ0v) is 8.70. The molecule has 3 radical (unpaired) electrons. The molecule has 1 heterocycles. The zero-order valence-electron chi connectivity index (χ0n) is 8.70. The third-order valence-electron chi connectivity index (χ3n) is 2.41. The van der Waals surface area contributed by atoms with Crippen molar-refractivity contribution in [2.75, 3.05) is 12.4 Å². The van der Waals surface area contributed by atoms with Gasteiger partial charge in [0.1, 0.15) is 0 Å². The second kappa shape index (κ2) is 3.93. The third-order valence-corrected chi connectivity index (χ3v) is 2.41. The molecule has 0 fully saturated rings. The van der Waals surface area contributed by atoms with E-state index in [-0.39, 0.29) is 5.97 Å². The van der Waals surface area contributed by atoms with Crippen molar-refractivity contribution in [1.82, 2.24) is 0 Å². The second-order valence-electron chi connectivity index (χ2n) is 3.38. The van der Waals surface area contributed by atoms with Crippen LogP contribution in [0.15, 0.2) is 24.3 Å². The summed E-state index contributed by atoms with van der Waals surface area (Å²) in [7, 11) is 1.38. The van der Waals surface area contributed by atoms with Crippen LogP contribution in [0, 0.1) is 18.4 Å². The first-order valence-corrected chi connectivity index (χ1v) is 4.72. The van der Waals surface area contributed by atoms with Gasteiger partial charge in [0, 0.05) is 11.6 Å². The minimum atomic E-state index is -0.331. The maximum Gasteiger partial charge on any atom is 0.310 e. The Hall–Kier alpha value is -1.51. The molecule has 0 aliphatic carbocycles. The predicted octanol–water partition coefficient (Wildman–Crippen LogP) is 1.96. The fourth-order valence-electron chi connectivity index (χ4n) is 1.66. The molecule has 0 aromatic heterocycles. The number of benzene rings is 1. The standard InChI is InChI=1S/C12H12NO2/c1-8-10(7-12(14)15-2)9-5-3-4-6-11(9)13-8/h3-7,13H,1-2H3. The summed E-state index contributed by atoms with van der Waals surface area (Å²) in [5.41, 5.74) is 2.07. The van der Waals surface area contributed by atoms with Crippen LogP contribution < -0.4 is 5.32 Å². The van der Waals surface area contributed by atoms with Gasteiger partial charge in [-0.3, -0.25) is 4.79 Å². The minimum absolute atomic E-state index is 0.331. The molecule has 0 atom stereocenters. The van der Waals surface area contributed by atoms with E-state index in [1.165, 1.54) is 13.5 Å². The molecule has 2 rings (SSSR count). The highest BCUT2D eigenvalue weighted by Crippen LogP contribution is 2.40. The molecule has 1 aromatic rings. The van der Waals surface area contributed by atoms with Crippen LogP contribution in [0.25, 0.3) is 0 Å². The van der Waals surface area contributed by atoms with E-state index in [4.69, 9.17) is 0 Å². The molecule has 1 aliphatic rings. The number of carbonyl (C=O) groups is 1. The molecule has 77 valence electrons. The lowest BCUT2D eigenvalue weighted by Gasteiger charge is -2.12. The highest BCUT2D eigenvalue weighted by atomic mass is 16.5. The summed E-state index contributed by atoms with van der Waals surface area (Å²) in [5.74, 6) is 0.570. The summed E-state index contributed by atoms with van der Waals surface area (Å²) in [4.78, 5) is 11.2. The first kappa shape index (κ1) is 10.0. The number of hydrogen-bond acceptors (Lipinski definition) is 3. The number of ether oxygens (including phenoxy) is 1. The van der Waals surface area contributed by atoms with Crippen LogP contribution in [-0.2, 0) is 9.53 Å². The van der Waals surface area contributed by atoms with Gasteiger partial charge in [-0.25, -0.2) is 0 Å². The van der Waals surface area contributed by atoms with Crippen LogP contribution >= 0.6 is 0 Å². The predicted molar refractivity (Wildman–Crippen MR) is 57.6 cm³/mol. The Morgan fingerprint density at radius 2 is 2.13 bits per heavy atom. The Morgan fingerprint density at radius 3 is 2.87 bits per heavy atom. The maximum atomic E-state index is 11.2. The number of rotatable bonds is 2. The number of nitrogens with one attached hydrogen (secondary N) is 1. The Balaban J connectivity index is 2.22. The summed E-state index contributed by atoms with van der Waals surface area (Å²) in [6.07, 6.45) is 1.51. The van der Waals surface area contributed by atoms with Crippen molar-refractivity contribution in [3.8, 4) is 0 Å². The average Bonchev–Trinajstić information content (AvgIpc) is 2.55. The van der Waals surface area contributed by atoms with Crippen molar-refractivity contribution in [3.63, 3.8) is 0 Å². The summed E-state index contributed by atoms with van der Waals surface area (Å²) in [6.45, 7) is 1.94. The number of fused-ring (bicyclic) bond motifs is 1. The van der Waals surface area contributed by atoms with Gasteiger partial charge in [-0.15, -0.1) is 0 Å². The van der Waals surface area contributed by atoms with Gasteiger partial charge in [-0.05, 0) is 18.6 Å². The molecule has 0 saturated heterocycles. The number of hydrogen-bond donors (Lipinski definition) is 1. The number of carbonyl (C=O) groups excluding carboxylic acids is 1. The van der Waals surface area contributed by atoms with Crippen molar-refractivity contribution in [2.24, 2.45) is 0 Å². The van der Waals surface area contributed by atoms with E-state index in [9.17, 15) is 4.79 Å². The lowest BCUT2D eigenvalue weighted by Crippen LogP contribution is -2.14. The highest BCUT2D eigenvalue weighted by molar-refractivity contribution is 5.88. The smallest absolute Gasteiger partial charge is 0.310 e. The Labute approximate surface area is 89.4 Å². The second-order valence-corrected chi connectivity index (χ2v) is 3.38. The summed E-state index contributed by atoms with van der Waals surface area (Å²) in [6, 6.07) is 8.84. The lowest BCUT2D eigenvalue weighted by atomic mass is 9.93. The molecule has 3 heteroatoms. The van der Waals surface area contributed by atoms with E-state index in [2.05, 4.69) is 10.1 Å². The monoisotopic (exact) mass is 202 g/mol. The number of esters is 1. The third kappa shape index (κ3) is 1.82. The maximum absolute atomic E-state index is 11.2. The Kier molecular flexibility index (Phi) is 2.62. The van der Waals surface area contributed by atoms with Crippen molar-refractivity contribution in [1.29, 1.82) is 0 Å². The van der Waals surface area contributed by atoms with Crippen LogP contribution in [0.3, 0.4) is 0 Å². The van der Waals surface area contributed by atoms with Gasteiger partial charge >= 0.3 is 5.97 Å². The first-order chi connectivity index (χ1) is 7.22. The van der Waals surface area contributed by atoms with Gasteiger partial charge in [0.2, 0.25) is 0 Å². The van der Waals surface area contributed by atoms with Crippen molar-refractivity contribution >= 4 is 11.7 Å². The molecule has 0 spiro atoms. The Bertz CT molecular complexity index is 376. The van der Waals surface area contributed by atoms with Crippen molar-refractivity contribution < 1.29 is 9.53 Å². The largest absolute Gasteiger partial charge is 0.469 e. The van der Waals surface area contributed by atoms with Crippen molar-refractivity contribution in [3.05, 3.63) is 48.2 Å². The molecule has 1 aliphatic heterocycles. The average molecular weight is 202 g/mol. The molecule has 0 bridgehead atoms. The fourth-order valence-corrected chi connectivity index (χ4v) is 1.66. The van der Waals surface area contributed by atoms with E-state index < -0.39 is 0 Å². The van der Waals surface area contributed by atoms with Crippen LogP contribution in [0.1, 0.15) is 12.5 Å². The lowest BCUT2D eigenvalue weighted by molar-refractivity contribution is -0.136. The van der Waals surface area contributed by atoms with Gasteiger partial charge in [-0.2, -0.15) is 0 Å². The molecular weight excluding hydrogens is 190 g/mol. The van der Waals surface area contributed by atoms with Gasteiger partial charge in [0.05, 0.1) is 19.6 Å². The normalized spacial score (nSPS) is 15.9. The zero-order chi connectivity index (χ0) is 10.8. The van der Waals surface area contributed by atoms with E-state index >= 15 is 0 Å². The minimum Gasteiger partial charge on any atom is -0.469 e. The van der Waals surface area contributed by atoms with Gasteiger partial charge < -0.3 is 10.1 Å². The van der Waals surface area contributed by atoms with E-state index in [0.29, 0.717) is 0 Å². The van der Waals surface area contributed by atoms with E-state index in [1.54, 1.807) is 0 Å². The Morgan fingerprint density at radius 1 is 1.40 bits per heavy atom. The summed E-state index contributed by atoms with van der Waals surface area (Å²) >= 11 is 0. The number of para-hydroxylation sites is 1. The van der Waals surface area contributed by atoms with E-state index in [1.807, 2.05) is 31.2 Å². The SMILES string of the molecule is COC(=O)[CH][C]1[C](C)Nc2ccccc21. The molecule has 0 unspecified atom stereocenters. The fraction of sp³-hybridized carbons (Fsp3) is 0.167. The molecular formula is C12H12NO2. The molecule has 0 saturated carbocycles. The molecule has 0 amide bonds. The van der Waals surface area contributed by atoms with Crippen LogP contribution in [0.2, 0.25) is 0 Å². The molecule has 3 nitrogen and oxygen atoms in total. The van der Waals surface area contributed by atoms with Gasteiger partial charge in [-0.1, -0.05) is 18.2 Å². The van der Waals surface area contributed by atoms with Gasteiger partial charge in [0.15, 0.2) is 0 Å². The highest BCUT2D eigenvalue weighted by Gasteiger charge is 2.32. The topological polar surface area (TPSA) is 38.3 Å².